The van der Waals surface area contributed by atoms with E-state index in [-0.39, 0.29) is 0 Å². The molecule has 0 bridgehead atoms. The molecule has 0 radical (unpaired) electrons. The molecule has 3 rings (SSSR count). The summed E-state index contributed by atoms with van der Waals surface area (Å²) in [5, 5.41) is 0. The van der Waals surface area contributed by atoms with Gasteiger partial charge < -0.3 is 9.64 Å². The van der Waals surface area contributed by atoms with Gasteiger partial charge in [0.15, 0.2) is 0 Å². The SMILES string of the molecule is Cc1cnc(N2CCC3(CCOCC3)[C@@H]2C)nc1C. The standard InChI is InChI=1S/C15H23N3O/c1-11-10-16-14(17-12(11)2)18-7-4-15(13(18)3)5-8-19-9-6-15/h10,13H,4-9H2,1-3H3/t13-/m0/s1. The van der Waals surface area contributed by atoms with Crippen molar-refractivity contribution in [2.24, 2.45) is 5.41 Å². The van der Waals surface area contributed by atoms with Crippen LogP contribution in [0.2, 0.25) is 0 Å². The van der Waals surface area contributed by atoms with Crippen molar-refractivity contribution in [3.63, 3.8) is 0 Å². The minimum Gasteiger partial charge on any atom is -0.381 e. The van der Waals surface area contributed by atoms with E-state index in [1.807, 2.05) is 6.20 Å². The molecule has 2 aliphatic heterocycles. The Kier molecular flexibility index (Phi) is 3.21. The second-order valence-electron chi connectivity index (χ2n) is 6.03. The summed E-state index contributed by atoms with van der Waals surface area (Å²) in [6, 6.07) is 0.513. The third kappa shape index (κ3) is 2.12. The Morgan fingerprint density at radius 3 is 2.68 bits per heavy atom. The van der Waals surface area contributed by atoms with Crippen molar-refractivity contribution < 1.29 is 4.74 Å². The van der Waals surface area contributed by atoms with E-state index in [2.05, 4.69) is 35.6 Å². The molecule has 0 unspecified atom stereocenters. The molecule has 0 aromatic carbocycles. The molecule has 0 saturated carbocycles. The highest BCUT2D eigenvalue weighted by Gasteiger charge is 2.46. The van der Waals surface area contributed by atoms with E-state index in [0.29, 0.717) is 11.5 Å². The molecule has 2 aliphatic rings. The van der Waals surface area contributed by atoms with E-state index in [1.165, 1.54) is 19.3 Å². The van der Waals surface area contributed by atoms with Crippen molar-refractivity contribution in [1.82, 2.24) is 9.97 Å². The molecule has 104 valence electrons. The third-order valence-corrected chi connectivity index (χ3v) is 5.16. The van der Waals surface area contributed by atoms with Crippen molar-refractivity contribution in [3.8, 4) is 0 Å². The molecule has 3 heterocycles. The Morgan fingerprint density at radius 1 is 1.26 bits per heavy atom. The van der Waals surface area contributed by atoms with Gasteiger partial charge in [-0.1, -0.05) is 0 Å². The number of hydrogen-bond acceptors (Lipinski definition) is 4. The van der Waals surface area contributed by atoms with Crippen molar-refractivity contribution in [2.45, 2.75) is 46.1 Å². The van der Waals surface area contributed by atoms with E-state index >= 15 is 0 Å². The second-order valence-corrected chi connectivity index (χ2v) is 6.03. The van der Waals surface area contributed by atoms with Crippen molar-refractivity contribution in [2.75, 3.05) is 24.7 Å². The van der Waals surface area contributed by atoms with Crippen LogP contribution in [0, 0.1) is 19.3 Å². The van der Waals surface area contributed by atoms with Crippen molar-refractivity contribution in [3.05, 3.63) is 17.5 Å². The van der Waals surface area contributed by atoms with Crippen LogP contribution in [0.15, 0.2) is 6.20 Å². The maximum Gasteiger partial charge on any atom is 0.225 e. The lowest BCUT2D eigenvalue weighted by Gasteiger charge is -2.38. The largest absolute Gasteiger partial charge is 0.381 e. The van der Waals surface area contributed by atoms with Gasteiger partial charge in [0, 0.05) is 37.7 Å². The molecule has 1 atom stereocenters. The third-order valence-electron chi connectivity index (χ3n) is 5.16. The zero-order chi connectivity index (χ0) is 13.5. The zero-order valence-electron chi connectivity index (χ0n) is 12.1. The summed E-state index contributed by atoms with van der Waals surface area (Å²) >= 11 is 0. The van der Waals surface area contributed by atoms with Crippen LogP contribution in [0.4, 0.5) is 5.95 Å². The van der Waals surface area contributed by atoms with Crippen LogP contribution in [0.1, 0.15) is 37.4 Å². The summed E-state index contributed by atoms with van der Waals surface area (Å²) in [7, 11) is 0. The van der Waals surface area contributed by atoms with E-state index in [1.54, 1.807) is 0 Å². The topological polar surface area (TPSA) is 38.2 Å². The van der Waals surface area contributed by atoms with E-state index < -0.39 is 0 Å². The summed E-state index contributed by atoms with van der Waals surface area (Å²) in [5.41, 5.74) is 2.67. The summed E-state index contributed by atoms with van der Waals surface area (Å²) in [6.07, 6.45) is 5.54. The summed E-state index contributed by atoms with van der Waals surface area (Å²) in [5.74, 6) is 0.902. The molecule has 1 aromatic heterocycles. The average Bonchev–Trinajstić information content (AvgIpc) is 2.72. The number of hydrogen-bond donors (Lipinski definition) is 0. The van der Waals surface area contributed by atoms with Gasteiger partial charge in [-0.15, -0.1) is 0 Å². The molecule has 4 nitrogen and oxygen atoms in total. The molecule has 1 spiro atoms. The molecule has 4 heteroatoms. The molecule has 0 N–H and O–H groups in total. The first-order chi connectivity index (χ1) is 9.12. The molecular weight excluding hydrogens is 238 g/mol. The van der Waals surface area contributed by atoms with E-state index in [9.17, 15) is 0 Å². The fourth-order valence-corrected chi connectivity index (χ4v) is 3.45. The molecule has 2 saturated heterocycles. The maximum atomic E-state index is 5.53. The van der Waals surface area contributed by atoms with Gasteiger partial charge in [-0.25, -0.2) is 9.97 Å². The fourth-order valence-electron chi connectivity index (χ4n) is 3.45. The van der Waals surface area contributed by atoms with Crippen LogP contribution in [-0.4, -0.2) is 35.8 Å². The van der Waals surface area contributed by atoms with Crippen LogP contribution < -0.4 is 4.90 Å². The van der Waals surface area contributed by atoms with E-state index in [4.69, 9.17) is 4.74 Å². The molecular formula is C15H23N3O. The first-order valence-corrected chi connectivity index (χ1v) is 7.27. The molecule has 0 amide bonds. The Bertz CT molecular complexity index is 468. The monoisotopic (exact) mass is 261 g/mol. The number of rotatable bonds is 1. The van der Waals surface area contributed by atoms with Gasteiger partial charge in [-0.2, -0.15) is 0 Å². The summed E-state index contributed by atoms with van der Waals surface area (Å²) in [4.78, 5) is 11.6. The lowest BCUT2D eigenvalue weighted by atomic mass is 9.74. The Morgan fingerprint density at radius 2 is 2.00 bits per heavy atom. The number of aromatic nitrogens is 2. The zero-order valence-corrected chi connectivity index (χ0v) is 12.1. The highest BCUT2D eigenvalue weighted by atomic mass is 16.5. The van der Waals surface area contributed by atoms with Gasteiger partial charge in [-0.3, -0.25) is 0 Å². The van der Waals surface area contributed by atoms with Crippen molar-refractivity contribution in [1.29, 1.82) is 0 Å². The molecule has 19 heavy (non-hydrogen) atoms. The number of aryl methyl sites for hydroxylation is 2. The van der Waals surface area contributed by atoms with Gasteiger partial charge in [0.05, 0.1) is 0 Å². The Hall–Kier alpha value is -1.16. The molecule has 2 fully saturated rings. The molecule has 0 aliphatic carbocycles. The van der Waals surface area contributed by atoms with Gasteiger partial charge in [0.2, 0.25) is 5.95 Å². The quantitative estimate of drug-likeness (QED) is 0.778. The van der Waals surface area contributed by atoms with Crippen LogP contribution >= 0.6 is 0 Å². The van der Waals surface area contributed by atoms with Gasteiger partial charge in [0.1, 0.15) is 0 Å². The highest BCUT2D eigenvalue weighted by molar-refractivity contribution is 5.37. The summed E-state index contributed by atoms with van der Waals surface area (Å²) in [6.45, 7) is 9.34. The minimum absolute atomic E-state index is 0.417. The maximum absolute atomic E-state index is 5.53. The van der Waals surface area contributed by atoms with Gasteiger partial charge in [0.25, 0.3) is 0 Å². The van der Waals surface area contributed by atoms with Gasteiger partial charge in [-0.05, 0) is 51.0 Å². The van der Waals surface area contributed by atoms with Crippen LogP contribution in [-0.2, 0) is 4.74 Å². The number of ether oxygens (including phenoxy) is 1. The predicted octanol–water partition coefficient (Wildman–Crippen LogP) is 2.49. The highest BCUT2D eigenvalue weighted by Crippen LogP contribution is 2.45. The van der Waals surface area contributed by atoms with Crippen molar-refractivity contribution >= 4 is 5.95 Å². The second kappa shape index (κ2) is 4.75. The summed E-state index contributed by atoms with van der Waals surface area (Å²) < 4.78 is 5.53. The van der Waals surface area contributed by atoms with Crippen LogP contribution in [0.5, 0.6) is 0 Å². The number of anilines is 1. The Balaban J connectivity index is 1.84. The van der Waals surface area contributed by atoms with Crippen LogP contribution in [0.25, 0.3) is 0 Å². The predicted molar refractivity (Wildman–Crippen MR) is 75.4 cm³/mol. The first-order valence-electron chi connectivity index (χ1n) is 7.27. The number of nitrogens with zero attached hydrogens (tertiary/aromatic N) is 3. The average molecular weight is 261 g/mol. The lowest BCUT2D eigenvalue weighted by Crippen LogP contribution is -2.41. The van der Waals surface area contributed by atoms with Gasteiger partial charge >= 0.3 is 0 Å². The molecule has 1 aromatic rings. The van der Waals surface area contributed by atoms with Crippen LogP contribution in [0.3, 0.4) is 0 Å². The Labute approximate surface area is 115 Å². The first kappa shape index (κ1) is 12.9. The smallest absolute Gasteiger partial charge is 0.225 e. The van der Waals surface area contributed by atoms with E-state index in [0.717, 1.165) is 37.0 Å². The fraction of sp³-hybridized carbons (Fsp3) is 0.733. The minimum atomic E-state index is 0.417. The lowest BCUT2D eigenvalue weighted by molar-refractivity contribution is 0.0128. The normalized spacial score (nSPS) is 26.1.